The molecule has 1 aliphatic heterocycles. The highest BCUT2D eigenvalue weighted by molar-refractivity contribution is 6.46. The molecular weight excluding hydrogens is 406 g/mol. The first-order valence-corrected chi connectivity index (χ1v) is 10.4. The maximum Gasteiger partial charge on any atom is 0.296 e. The van der Waals surface area contributed by atoms with Crippen molar-refractivity contribution < 1.29 is 23.8 Å². The summed E-state index contributed by atoms with van der Waals surface area (Å²) < 4.78 is 11.2. The van der Waals surface area contributed by atoms with Gasteiger partial charge in [-0.25, -0.2) is 0 Å². The quantitative estimate of drug-likeness (QED) is 0.423. The van der Waals surface area contributed by atoms with Gasteiger partial charge in [-0.05, 0) is 56.5 Å². The summed E-state index contributed by atoms with van der Waals surface area (Å²) in [6.45, 7) is 3.63. The van der Waals surface area contributed by atoms with E-state index in [2.05, 4.69) is 0 Å². The molecule has 0 spiro atoms. The summed E-state index contributed by atoms with van der Waals surface area (Å²) in [4.78, 5) is 27.8. The largest absolute Gasteiger partial charge is 0.507 e. The van der Waals surface area contributed by atoms with Gasteiger partial charge in [0.15, 0.2) is 0 Å². The number of aryl methyl sites for hydroxylation is 2. The fourth-order valence-electron chi connectivity index (χ4n) is 4.55. The smallest absolute Gasteiger partial charge is 0.296 e. The molecule has 30 heavy (non-hydrogen) atoms. The van der Waals surface area contributed by atoms with Crippen molar-refractivity contribution in [2.24, 2.45) is 0 Å². The van der Waals surface area contributed by atoms with Crippen molar-refractivity contribution in [3.05, 3.63) is 57.5 Å². The highest BCUT2D eigenvalue weighted by atomic mass is 35.5. The number of nitrogens with zero attached hydrogens (tertiary/aromatic N) is 1. The number of ketones is 1. The number of carbonyl (C=O) groups is 2. The lowest BCUT2D eigenvalue weighted by atomic mass is 9.97. The van der Waals surface area contributed by atoms with E-state index >= 15 is 0 Å². The summed E-state index contributed by atoms with van der Waals surface area (Å²) in [6, 6.07) is 6.08. The number of amides is 1. The van der Waals surface area contributed by atoms with Gasteiger partial charge in [0.2, 0.25) is 0 Å². The van der Waals surface area contributed by atoms with Crippen LogP contribution in [-0.4, -0.2) is 34.8 Å². The second kappa shape index (κ2) is 7.84. The van der Waals surface area contributed by atoms with E-state index in [9.17, 15) is 14.7 Å². The number of benzene rings is 1. The minimum Gasteiger partial charge on any atom is -0.507 e. The molecule has 1 atom stereocenters. The third kappa shape index (κ3) is 3.29. The molecule has 1 amide bonds. The number of halogens is 1. The number of aliphatic hydroxyl groups excluding tert-OH is 1. The van der Waals surface area contributed by atoms with Gasteiger partial charge in [0.25, 0.3) is 11.7 Å². The van der Waals surface area contributed by atoms with E-state index in [0.717, 1.165) is 31.2 Å². The number of rotatable bonds is 4. The molecule has 2 fully saturated rings. The summed E-state index contributed by atoms with van der Waals surface area (Å²) in [5.74, 6) is -0.272. The van der Waals surface area contributed by atoms with E-state index in [-0.39, 0.29) is 28.7 Å². The molecule has 1 N–H and O–H groups in total. The first kappa shape index (κ1) is 20.5. The Morgan fingerprint density at radius 2 is 1.90 bits per heavy atom. The van der Waals surface area contributed by atoms with Crippen molar-refractivity contribution >= 4 is 29.1 Å². The Kier molecular flexibility index (Phi) is 5.36. The number of aliphatic hydroxyl groups is 1. The van der Waals surface area contributed by atoms with Crippen molar-refractivity contribution in [3.63, 3.8) is 0 Å². The molecule has 1 aromatic carbocycles. The van der Waals surface area contributed by atoms with Crippen LogP contribution in [0.25, 0.3) is 5.76 Å². The van der Waals surface area contributed by atoms with Gasteiger partial charge in [0.1, 0.15) is 29.1 Å². The predicted molar refractivity (Wildman–Crippen MR) is 113 cm³/mol. The summed E-state index contributed by atoms with van der Waals surface area (Å²) in [5, 5.41) is 11.6. The topological polar surface area (TPSA) is 80.0 Å². The minimum absolute atomic E-state index is 0.00113. The summed E-state index contributed by atoms with van der Waals surface area (Å²) in [6.07, 6.45) is 3.64. The highest BCUT2D eigenvalue weighted by Gasteiger charge is 2.50. The average molecular weight is 430 g/mol. The van der Waals surface area contributed by atoms with Gasteiger partial charge in [-0.1, -0.05) is 24.4 Å². The molecule has 4 rings (SSSR count). The van der Waals surface area contributed by atoms with E-state index in [0.29, 0.717) is 16.5 Å². The lowest BCUT2D eigenvalue weighted by molar-refractivity contribution is -0.141. The molecule has 0 bridgehead atoms. The van der Waals surface area contributed by atoms with E-state index in [1.165, 1.54) is 7.11 Å². The van der Waals surface area contributed by atoms with Crippen LogP contribution in [0.5, 0.6) is 5.75 Å². The van der Waals surface area contributed by atoms with Gasteiger partial charge in [-0.15, -0.1) is 0 Å². The lowest BCUT2D eigenvalue weighted by Crippen LogP contribution is -2.37. The number of ether oxygens (including phenoxy) is 1. The van der Waals surface area contributed by atoms with Crippen LogP contribution < -0.4 is 4.74 Å². The molecule has 1 aliphatic carbocycles. The zero-order chi connectivity index (χ0) is 21.6. The predicted octanol–water partition coefficient (Wildman–Crippen LogP) is 4.92. The zero-order valence-electron chi connectivity index (χ0n) is 17.2. The number of likely N-dealkylation sites (tertiary alicyclic amines) is 1. The monoisotopic (exact) mass is 429 g/mol. The van der Waals surface area contributed by atoms with Crippen molar-refractivity contribution in [1.29, 1.82) is 0 Å². The summed E-state index contributed by atoms with van der Waals surface area (Å²) in [7, 11) is 1.44. The van der Waals surface area contributed by atoms with Crippen LogP contribution >= 0.6 is 11.6 Å². The molecule has 2 aliphatic rings. The average Bonchev–Trinajstić information content (AvgIpc) is 3.42. The Balaban J connectivity index is 1.94. The Labute approximate surface area is 180 Å². The Hall–Kier alpha value is -2.73. The molecule has 1 aromatic heterocycles. The lowest BCUT2D eigenvalue weighted by Gasteiger charge is -2.29. The first-order chi connectivity index (χ1) is 14.3. The van der Waals surface area contributed by atoms with E-state index in [1.54, 1.807) is 36.1 Å². The standard InChI is InChI=1S/C23H24ClNO5/c1-12-10-15(22(29-3)16(24)11-12)20(26)18-19(17-9-8-13(2)30-17)25(23(28)21(18)27)14-6-4-5-7-14/h8-11,14,19,26H,4-7H2,1-3H3/b20-18+. The van der Waals surface area contributed by atoms with Crippen molar-refractivity contribution in [2.45, 2.75) is 51.6 Å². The Bertz CT molecular complexity index is 1050. The molecule has 1 unspecified atom stereocenters. The van der Waals surface area contributed by atoms with E-state index in [4.69, 9.17) is 20.8 Å². The van der Waals surface area contributed by atoms with Gasteiger partial charge in [-0.2, -0.15) is 0 Å². The normalized spacial score (nSPS) is 21.6. The summed E-state index contributed by atoms with van der Waals surface area (Å²) in [5.41, 5.74) is 1.07. The van der Waals surface area contributed by atoms with E-state index in [1.807, 2.05) is 6.92 Å². The number of hydrogen-bond donors (Lipinski definition) is 1. The van der Waals surface area contributed by atoms with Crippen LogP contribution in [0.4, 0.5) is 0 Å². The van der Waals surface area contributed by atoms with Gasteiger partial charge in [0, 0.05) is 6.04 Å². The molecule has 0 radical (unpaired) electrons. The fourth-order valence-corrected chi connectivity index (χ4v) is 4.90. The van der Waals surface area contributed by atoms with Crippen LogP contribution in [-0.2, 0) is 9.59 Å². The fraction of sp³-hybridized carbons (Fsp3) is 0.391. The maximum atomic E-state index is 13.1. The highest BCUT2D eigenvalue weighted by Crippen LogP contribution is 2.45. The molecular formula is C23H24ClNO5. The third-order valence-corrected chi connectivity index (χ3v) is 6.16. The molecule has 6 nitrogen and oxygen atoms in total. The Morgan fingerprint density at radius 3 is 2.50 bits per heavy atom. The maximum absolute atomic E-state index is 13.1. The zero-order valence-corrected chi connectivity index (χ0v) is 18.0. The number of carbonyl (C=O) groups excluding carboxylic acids is 2. The van der Waals surface area contributed by atoms with Crippen molar-refractivity contribution in [2.75, 3.05) is 7.11 Å². The molecule has 2 heterocycles. The van der Waals surface area contributed by atoms with Crippen LogP contribution in [0, 0.1) is 13.8 Å². The third-order valence-electron chi connectivity index (χ3n) is 5.88. The molecule has 7 heteroatoms. The molecule has 1 saturated heterocycles. The Morgan fingerprint density at radius 1 is 1.20 bits per heavy atom. The molecule has 1 saturated carbocycles. The first-order valence-electron chi connectivity index (χ1n) is 10.0. The number of Topliss-reactive ketones (excluding diaryl/α,β-unsaturated/α-hetero) is 1. The van der Waals surface area contributed by atoms with Gasteiger partial charge >= 0.3 is 0 Å². The van der Waals surface area contributed by atoms with Crippen LogP contribution in [0.15, 0.2) is 34.3 Å². The van der Waals surface area contributed by atoms with Crippen LogP contribution in [0.3, 0.4) is 0 Å². The van der Waals surface area contributed by atoms with Crippen LogP contribution in [0.2, 0.25) is 5.02 Å². The molecule has 2 aromatic rings. The van der Waals surface area contributed by atoms with Crippen molar-refractivity contribution in [1.82, 2.24) is 4.90 Å². The second-order valence-corrected chi connectivity index (χ2v) is 8.33. The van der Waals surface area contributed by atoms with Gasteiger partial charge in [0.05, 0.1) is 23.3 Å². The van der Waals surface area contributed by atoms with Crippen LogP contribution in [0.1, 0.15) is 54.4 Å². The second-order valence-electron chi connectivity index (χ2n) is 7.92. The minimum atomic E-state index is -0.786. The van der Waals surface area contributed by atoms with Crippen molar-refractivity contribution in [3.8, 4) is 5.75 Å². The molecule has 158 valence electrons. The number of methoxy groups -OCH3 is 1. The SMILES string of the molecule is COc1c(Cl)cc(C)cc1/C(O)=C1\C(=O)C(=O)N(C2CCCC2)C1c1ccc(C)o1. The number of furan rings is 1. The van der Waals surface area contributed by atoms with Gasteiger partial charge in [-0.3, -0.25) is 9.59 Å². The van der Waals surface area contributed by atoms with E-state index < -0.39 is 17.7 Å². The summed E-state index contributed by atoms with van der Waals surface area (Å²) >= 11 is 6.30. The van der Waals surface area contributed by atoms with Gasteiger partial charge < -0.3 is 19.2 Å². The number of hydrogen-bond acceptors (Lipinski definition) is 5.